The van der Waals surface area contributed by atoms with Gasteiger partial charge in [0.15, 0.2) is 5.65 Å². The van der Waals surface area contributed by atoms with Crippen molar-refractivity contribution in [1.29, 1.82) is 0 Å². The third-order valence-electron chi connectivity index (χ3n) is 5.94. The predicted octanol–water partition coefficient (Wildman–Crippen LogP) is 2.40. The van der Waals surface area contributed by atoms with E-state index < -0.39 is 0 Å². The number of carbonyl (C=O) groups excluding carboxylic acids is 1. The van der Waals surface area contributed by atoms with Crippen molar-refractivity contribution < 1.29 is 9.53 Å². The molecule has 33 heavy (non-hydrogen) atoms. The summed E-state index contributed by atoms with van der Waals surface area (Å²) in [4.78, 5) is 24.1. The van der Waals surface area contributed by atoms with E-state index in [1.165, 1.54) is 0 Å². The second-order valence-corrected chi connectivity index (χ2v) is 7.98. The first-order valence-electron chi connectivity index (χ1n) is 10.9. The number of hydrogen-bond acceptors (Lipinski definition) is 8. The summed E-state index contributed by atoms with van der Waals surface area (Å²) in [5, 5.41) is 13.9. The van der Waals surface area contributed by atoms with Gasteiger partial charge < -0.3 is 25.6 Å². The topological polar surface area (TPSA) is 109 Å². The number of nitrogens with one attached hydrogen (secondary N) is 3. The minimum Gasteiger partial charge on any atom is -0.379 e. The lowest BCUT2D eigenvalue weighted by Gasteiger charge is -2.35. The smallest absolute Gasteiger partial charge is 0.257 e. The fraction of sp³-hybridized carbons (Fsp3) is 0.304. The summed E-state index contributed by atoms with van der Waals surface area (Å²) < 4.78 is 7.02. The Morgan fingerprint density at radius 2 is 2.18 bits per heavy atom. The quantitative estimate of drug-likeness (QED) is 0.508. The normalized spacial score (nSPS) is 19.7. The number of hydrogen-bond donors (Lipinski definition) is 3. The summed E-state index contributed by atoms with van der Waals surface area (Å²) in [6.45, 7) is 0.613. The number of methoxy groups -OCH3 is 1. The van der Waals surface area contributed by atoms with Crippen LogP contribution in [0.1, 0.15) is 23.2 Å². The Morgan fingerprint density at radius 1 is 1.27 bits per heavy atom. The van der Waals surface area contributed by atoms with Crippen LogP contribution in [0.25, 0.3) is 5.65 Å². The number of aromatic nitrogens is 4. The summed E-state index contributed by atoms with van der Waals surface area (Å²) in [6, 6.07) is 7.69. The number of anilines is 3. The van der Waals surface area contributed by atoms with Gasteiger partial charge in [-0.05, 0) is 37.1 Å². The van der Waals surface area contributed by atoms with Gasteiger partial charge in [-0.15, -0.1) is 0 Å². The molecule has 170 valence electrons. The van der Waals surface area contributed by atoms with E-state index in [2.05, 4.69) is 26.0 Å². The average Bonchev–Trinajstić information content (AvgIpc) is 3.26. The largest absolute Gasteiger partial charge is 0.379 e. The molecule has 3 N–H and O–H groups in total. The molecule has 1 aliphatic heterocycles. The summed E-state index contributed by atoms with van der Waals surface area (Å²) in [6.07, 6.45) is 11.2. The van der Waals surface area contributed by atoms with Crippen LogP contribution in [-0.4, -0.2) is 58.3 Å². The second kappa shape index (κ2) is 8.91. The van der Waals surface area contributed by atoms with Crippen molar-refractivity contribution in [1.82, 2.24) is 24.9 Å². The SMILES string of the molecule is CNc1cc(NC2=CC=CN(c3ccccn3)C2)nc2c(C(=O)N[C@H]3CC[C@@H]3OC)cnn12. The average molecular weight is 447 g/mol. The fourth-order valence-electron chi connectivity index (χ4n) is 4.01. The molecule has 10 heteroatoms. The molecule has 1 amide bonds. The zero-order chi connectivity index (χ0) is 22.8. The number of fused-ring (bicyclic) bond motifs is 1. The lowest BCUT2D eigenvalue weighted by Crippen LogP contribution is -2.51. The van der Waals surface area contributed by atoms with E-state index in [9.17, 15) is 4.79 Å². The molecule has 1 saturated carbocycles. The molecule has 4 heterocycles. The van der Waals surface area contributed by atoms with Gasteiger partial charge in [-0.25, -0.2) is 9.97 Å². The van der Waals surface area contributed by atoms with Gasteiger partial charge in [0.1, 0.15) is 23.0 Å². The van der Waals surface area contributed by atoms with Gasteiger partial charge in [0.2, 0.25) is 0 Å². The van der Waals surface area contributed by atoms with E-state index >= 15 is 0 Å². The Morgan fingerprint density at radius 3 is 2.91 bits per heavy atom. The first-order chi connectivity index (χ1) is 16.2. The lowest BCUT2D eigenvalue weighted by atomic mass is 9.89. The maximum atomic E-state index is 13.0. The van der Waals surface area contributed by atoms with Gasteiger partial charge in [-0.1, -0.05) is 6.07 Å². The zero-order valence-electron chi connectivity index (χ0n) is 18.5. The molecular weight excluding hydrogens is 420 g/mol. The monoisotopic (exact) mass is 446 g/mol. The first kappa shape index (κ1) is 21.0. The molecule has 5 rings (SSSR count). The van der Waals surface area contributed by atoms with Gasteiger partial charge in [-0.2, -0.15) is 9.61 Å². The van der Waals surface area contributed by atoms with Crippen LogP contribution >= 0.6 is 0 Å². The van der Waals surface area contributed by atoms with E-state index in [4.69, 9.17) is 9.72 Å². The second-order valence-electron chi connectivity index (χ2n) is 7.98. The predicted molar refractivity (Wildman–Crippen MR) is 126 cm³/mol. The third-order valence-corrected chi connectivity index (χ3v) is 5.94. The minimum atomic E-state index is -0.204. The zero-order valence-corrected chi connectivity index (χ0v) is 18.5. The summed E-state index contributed by atoms with van der Waals surface area (Å²) in [5.41, 5.74) is 1.85. The molecular formula is C23H26N8O2. The van der Waals surface area contributed by atoms with Crippen LogP contribution in [0.15, 0.2) is 60.7 Å². The molecule has 0 aromatic carbocycles. The number of carbonyl (C=O) groups is 1. The molecule has 3 aromatic rings. The Labute approximate surface area is 191 Å². The van der Waals surface area contributed by atoms with Crippen molar-refractivity contribution >= 4 is 29.0 Å². The molecule has 2 aliphatic rings. The summed E-state index contributed by atoms with van der Waals surface area (Å²) >= 11 is 0. The maximum Gasteiger partial charge on any atom is 0.257 e. The maximum absolute atomic E-state index is 13.0. The highest BCUT2D eigenvalue weighted by Gasteiger charge is 2.33. The van der Waals surface area contributed by atoms with Gasteiger partial charge in [0.05, 0.1) is 24.9 Å². The molecule has 2 atom stereocenters. The van der Waals surface area contributed by atoms with Crippen molar-refractivity contribution in [3.8, 4) is 0 Å². The Balaban J connectivity index is 1.38. The van der Waals surface area contributed by atoms with Crippen molar-refractivity contribution in [2.75, 3.05) is 36.2 Å². The molecule has 1 aliphatic carbocycles. The van der Waals surface area contributed by atoms with Crippen LogP contribution in [0, 0.1) is 0 Å². The highest BCUT2D eigenvalue weighted by Crippen LogP contribution is 2.25. The molecule has 3 aromatic heterocycles. The molecule has 0 saturated heterocycles. The van der Waals surface area contributed by atoms with E-state index in [0.29, 0.717) is 29.4 Å². The molecule has 10 nitrogen and oxygen atoms in total. The summed E-state index contributed by atoms with van der Waals surface area (Å²) in [7, 11) is 3.48. The van der Waals surface area contributed by atoms with Gasteiger partial charge in [0.25, 0.3) is 5.91 Å². The van der Waals surface area contributed by atoms with Crippen LogP contribution in [0.5, 0.6) is 0 Å². The highest BCUT2D eigenvalue weighted by molar-refractivity contribution is 6.00. The number of amides is 1. The Hall–Kier alpha value is -3.92. The van der Waals surface area contributed by atoms with Crippen LogP contribution in [-0.2, 0) is 4.74 Å². The number of rotatable bonds is 7. The molecule has 0 bridgehead atoms. The van der Waals surface area contributed by atoms with E-state index in [0.717, 1.165) is 24.4 Å². The van der Waals surface area contributed by atoms with Gasteiger partial charge in [-0.3, -0.25) is 4.79 Å². The Kier molecular flexibility index (Phi) is 5.66. The fourth-order valence-corrected chi connectivity index (χ4v) is 4.01. The molecule has 0 spiro atoms. The number of allylic oxidation sites excluding steroid dienone is 2. The van der Waals surface area contributed by atoms with E-state index in [1.807, 2.05) is 54.6 Å². The number of pyridine rings is 1. The first-order valence-corrected chi connectivity index (χ1v) is 10.9. The minimum absolute atomic E-state index is 0.0132. The Bertz CT molecular complexity index is 1220. The molecule has 1 fully saturated rings. The van der Waals surface area contributed by atoms with Crippen LogP contribution in [0.4, 0.5) is 17.5 Å². The van der Waals surface area contributed by atoms with Crippen LogP contribution < -0.4 is 20.9 Å². The molecule has 0 radical (unpaired) electrons. The highest BCUT2D eigenvalue weighted by atomic mass is 16.5. The third kappa shape index (κ3) is 4.12. The van der Waals surface area contributed by atoms with Gasteiger partial charge >= 0.3 is 0 Å². The van der Waals surface area contributed by atoms with Crippen molar-refractivity contribution in [2.24, 2.45) is 0 Å². The van der Waals surface area contributed by atoms with Crippen molar-refractivity contribution in [3.63, 3.8) is 0 Å². The van der Waals surface area contributed by atoms with Gasteiger partial charge in [0, 0.05) is 38.3 Å². The lowest BCUT2D eigenvalue weighted by molar-refractivity contribution is 0.00732. The van der Waals surface area contributed by atoms with Crippen LogP contribution in [0.3, 0.4) is 0 Å². The van der Waals surface area contributed by atoms with E-state index in [1.54, 1.807) is 24.0 Å². The van der Waals surface area contributed by atoms with Crippen LogP contribution in [0.2, 0.25) is 0 Å². The van der Waals surface area contributed by atoms with E-state index in [-0.39, 0.29) is 18.1 Å². The van der Waals surface area contributed by atoms with Crippen molar-refractivity contribution in [2.45, 2.75) is 25.0 Å². The summed E-state index contributed by atoms with van der Waals surface area (Å²) in [5.74, 6) is 1.99. The number of ether oxygens (including phenoxy) is 1. The standard InChI is InChI=1S/C23H26N8O2/c1-24-21-12-19(27-15-6-5-11-30(14-15)20-7-3-4-10-25-20)29-22-16(13-26-31(21)22)23(32)28-17-8-9-18(17)33-2/h3-7,10-13,17-18,24H,8-9,14H2,1-2H3,(H,27,29)(H,28,32)/t17-,18-/m0/s1. The number of nitrogens with zero attached hydrogens (tertiary/aromatic N) is 5. The molecule has 0 unspecified atom stereocenters. The van der Waals surface area contributed by atoms with Crippen molar-refractivity contribution in [3.05, 3.63) is 66.3 Å².